The molecule has 0 radical (unpaired) electrons. The van der Waals surface area contributed by atoms with Crippen LogP contribution in [-0.2, 0) is 4.43 Å². The van der Waals surface area contributed by atoms with Gasteiger partial charge in [-0.25, -0.2) is 4.98 Å². The zero-order chi connectivity index (χ0) is 13.2. The number of halogens is 1. The Morgan fingerprint density at radius 2 is 1.94 bits per heavy atom. The molecule has 0 bridgehead atoms. The van der Waals surface area contributed by atoms with Crippen molar-refractivity contribution in [3.05, 3.63) is 28.5 Å². The maximum absolute atomic E-state index is 6.19. The number of aryl methyl sites for hydroxylation is 1. The van der Waals surface area contributed by atoms with E-state index in [0.717, 1.165) is 5.56 Å². The van der Waals surface area contributed by atoms with Crippen LogP contribution >= 0.6 is 11.6 Å². The maximum Gasteiger partial charge on any atom is 0.171 e. The van der Waals surface area contributed by atoms with Crippen molar-refractivity contribution >= 4 is 20.6 Å². The van der Waals surface area contributed by atoms with E-state index in [1.54, 1.807) is 0 Å². The minimum absolute atomic E-state index is 0.0622. The van der Waals surface area contributed by atoms with Crippen LogP contribution in [0.4, 0.5) is 0 Å². The Labute approximate surface area is 111 Å². The first-order valence-corrected chi connectivity index (χ1v) is 9.15. The second kappa shape index (κ2) is 5.51. The predicted octanol–water partition coefficient (Wildman–Crippen LogP) is 4.13. The normalized spacial score (nSPS) is 14.1. The summed E-state index contributed by atoms with van der Waals surface area (Å²) in [6, 6.07) is 1.93. The van der Waals surface area contributed by atoms with Crippen LogP contribution in [0.25, 0.3) is 0 Å². The van der Waals surface area contributed by atoms with Crippen molar-refractivity contribution in [3.8, 4) is 0 Å². The second-order valence-corrected chi connectivity index (χ2v) is 8.55. The molecular weight excluding hydrogens is 250 g/mol. The molecule has 0 amide bonds. The average molecular weight is 272 g/mol. The molecule has 1 unspecified atom stereocenters. The summed E-state index contributed by atoms with van der Waals surface area (Å²) in [5.41, 5.74) is 2.37. The Kier molecular flexibility index (Phi) is 4.75. The van der Waals surface area contributed by atoms with Gasteiger partial charge >= 0.3 is 0 Å². The smallest absolute Gasteiger partial charge is 0.171 e. The van der Waals surface area contributed by atoms with Gasteiger partial charge in [0.2, 0.25) is 0 Å². The van der Waals surface area contributed by atoms with E-state index in [0.29, 0.717) is 5.15 Å². The molecule has 1 atom stereocenters. The summed E-state index contributed by atoms with van der Waals surface area (Å²) >= 11 is 5.99. The quantitative estimate of drug-likeness (QED) is 0.609. The third kappa shape index (κ3) is 4.09. The van der Waals surface area contributed by atoms with Crippen molar-refractivity contribution in [1.82, 2.24) is 4.98 Å². The molecule has 4 heteroatoms. The minimum Gasteiger partial charge on any atom is -0.413 e. The number of nitrogens with zero attached hydrogens (tertiary/aromatic N) is 1. The second-order valence-electron chi connectivity index (χ2n) is 5.79. The van der Waals surface area contributed by atoms with E-state index in [-0.39, 0.29) is 11.5 Å². The van der Waals surface area contributed by atoms with Gasteiger partial charge in [-0.2, -0.15) is 0 Å². The zero-order valence-corrected chi connectivity index (χ0v) is 13.5. The molecular formula is C13H22ClNOSi. The van der Waals surface area contributed by atoms with Crippen LogP contribution in [0.2, 0.25) is 18.2 Å². The lowest BCUT2D eigenvalue weighted by Crippen LogP contribution is -2.26. The molecule has 0 aliphatic heterocycles. The molecule has 1 aromatic rings. The summed E-state index contributed by atoms with van der Waals surface area (Å²) in [6.45, 7) is 13.0. The fourth-order valence-corrected chi connectivity index (χ4v) is 3.08. The Bertz CT molecular complexity index is 387. The van der Waals surface area contributed by atoms with E-state index in [1.807, 2.05) is 12.3 Å². The lowest BCUT2D eigenvalue weighted by Gasteiger charge is -2.34. The fraction of sp³-hybridized carbons (Fsp3) is 0.615. The first kappa shape index (κ1) is 14.7. The topological polar surface area (TPSA) is 22.1 Å². The Hall–Kier alpha value is -0.383. The number of hydrogen-bond acceptors (Lipinski definition) is 2. The molecule has 17 heavy (non-hydrogen) atoms. The number of rotatable bonds is 3. The van der Waals surface area contributed by atoms with E-state index in [1.165, 1.54) is 5.56 Å². The van der Waals surface area contributed by atoms with Crippen LogP contribution in [0, 0.1) is 12.3 Å². The molecule has 2 nitrogen and oxygen atoms in total. The maximum atomic E-state index is 6.19. The summed E-state index contributed by atoms with van der Waals surface area (Å²) in [6.07, 6.45) is 1.91. The van der Waals surface area contributed by atoms with Gasteiger partial charge in [-0.3, -0.25) is 0 Å². The molecule has 0 fully saturated rings. The zero-order valence-electron chi connectivity index (χ0n) is 11.5. The van der Waals surface area contributed by atoms with E-state index in [9.17, 15) is 0 Å². The molecule has 1 heterocycles. The van der Waals surface area contributed by atoms with Crippen molar-refractivity contribution in [1.29, 1.82) is 0 Å². The number of pyridine rings is 1. The highest BCUT2D eigenvalue weighted by Gasteiger charge is 2.29. The molecule has 1 rings (SSSR count). The molecule has 0 saturated heterocycles. The number of aromatic nitrogens is 1. The fourth-order valence-electron chi connectivity index (χ4n) is 1.81. The Morgan fingerprint density at radius 3 is 2.41 bits per heavy atom. The van der Waals surface area contributed by atoms with Crippen molar-refractivity contribution in [2.45, 2.75) is 46.9 Å². The molecule has 96 valence electrons. The lowest BCUT2D eigenvalue weighted by molar-refractivity contribution is 0.0859. The van der Waals surface area contributed by atoms with Crippen LogP contribution in [0.1, 0.15) is 38.0 Å². The van der Waals surface area contributed by atoms with Crippen molar-refractivity contribution in [3.63, 3.8) is 0 Å². The summed E-state index contributed by atoms with van der Waals surface area (Å²) in [4.78, 5) is 4.10. The van der Waals surface area contributed by atoms with E-state index >= 15 is 0 Å². The Balaban J connectivity index is 3.17. The molecule has 0 aliphatic rings. The van der Waals surface area contributed by atoms with E-state index in [4.69, 9.17) is 16.0 Å². The third-order valence-corrected chi connectivity index (χ3v) is 3.61. The van der Waals surface area contributed by atoms with Crippen LogP contribution < -0.4 is 0 Å². The van der Waals surface area contributed by atoms with Gasteiger partial charge in [0.05, 0.1) is 6.10 Å². The van der Waals surface area contributed by atoms with Gasteiger partial charge in [-0.05, 0) is 42.6 Å². The summed E-state index contributed by atoms with van der Waals surface area (Å²) in [5.74, 6) is 0. The van der Waals surface area contributed by atoms with Gasteiger partial charge in [-0.15, -0.1) is 0 Å². The SMILES string of the molecule is Cc1cnc(Cl)cc1C(O[SiH](C)C)C(C)(C)C. The molecule has 0 spiro atoms. The highest BCUT2D eigenvalue weighted by molar-refractivity contribution is 6.48. The molecule has 0 saturated carbocycles. The van der Waals surface area contributed by atoms with Gasteiger partial charge in [0.15, 0.2) is 9.04 Å². The summed E-state index contributed by atoms with van der Waals surface area (Å²) < 4.78 is 6.19. The van der Waals surface area contributed by atoms with Gasteiger partial charge in [0.1, 0.15) is 5.15 Å². The summed E-state index contributed by atoms with van der Waals surface area (Å²) in [5, 5.41) is 0.536. The van der Waals surface area contributed by atoms with Crippen LogP contribution in [0.3, 0.4) is 0 Å². The molecule has 0 aliphatic carbocycles. The van der Waals surface area contributed by atoms with Crippen LogP contribution in [0.5, 0.6) is 0 Å². The molecule has 1 aromatic heterocycles. The lowest BCUT2D eigenvalue weighted by atomic mass is 9.84. The van der Waals surface area contributed by atoms with E-state index in [2.05, 4.69) is 45.8 Å². The van der Waals surface area contributed by atoms with Crippen molar-refractivity contribution < 1.29 is 4.43 Å². The first-order valence-electron chi connectivity index (χ1n) is 5.99. The van der Waals surface area contributed by atoms with Crippen LogP contribution in [-0.4, -0.2) is 14.0 Å². The largest absolute Gasteiger partial charge is 0.413 e. The predicted molar refractivity (Wildman–Crippen MR) is 76.1 cm³/mol. The van der Waals surface area contributed by atoms with E-state index < -0.39 is 9.04 Å². The average Bonchev–Trinajstić information content (AvgIpc) is 2.16. The number of hydrogen-bond donors (Lipinski definition) is 0. The monoisotopic (exact) mass is 271 g/mol. The van der Waals surface area contributed by atoms with Crippen LogP contribution in [0.15, 0.2) is 12.3 Å². The van der Waals surface area contributed by atoms with Gasteiger partial charge in [-0.1, -0.05) is 32.4 Å². The van der Waals surface area contributed by atoms with Gasteiger partial charge < -0.3 is 4.43 Å². The van der Waals surface area contributed by atoms with Gasteiger partial charge in [0.25, 0.3) is 0 Å². The minimum atomic E-state index is -1.10. The van der Waals surface area contributed by atoms with Crippen molar-refractivity contribution in [2.75, 3.05) is 0 Å². The Morgan fingerprint density at radius 1 is 1.35 bits per heavy atom. The first-order chi connectivity index (χ1) is 7.71. The standard InChI is InChI=1S/C13H22ClNOSi/c1-9-8-15-11(14)7-10(9)12(13(2,3)4)16-17(5)6/h7-8,12,17H,1-6H3. The molecule has 0 aromatic carbocycles. The highest BCUT2D eigenvalue weighted by Crippen LogP contribution is 2.38. The molecule has 0 N–H and O–H groups in total. The van der Waals surface area contributed by atoms with Gasteiger partial charge in [0, 0.05) is 6.20 Å². The third-order valence-electron chi connectivity index (χ3n) is 2.59. The van der Waals surface area contributed by atoms with Crippen molar-refractivity contribution in [2.24, 2.45) is 5.41 Å². The summed E-state index contributed by atoms with van der Waals surface area (Å²) in [7, 11) is -1.10. The highest BCUT2D eigenvalue weighted by atomic mass is 35.5.